The highest BCUT2D eigenvalue weighted by Gasteiger charge is 2.39. The Morgan fingerprint density at radius 3 is 2.84 bits per heavy atom. The third-order valence-corrected chi connectivity index (χ3v) is 6.53. The van der Waals surface area contributed by atoms with Gasteiger partial charge >= 0.3 is 0 Å². The molecule has 9 heteroatoms. The molecule has 3 heterocycles. The van der Waals surface area contributed by atoms with Gasteiger partial charge in [0, 0.05) is 34.2 Å². The van der Waals surface area contributed by atoms with Crippen LogP contribution in [0.2, 0.25) is 0 Å². The minimum atomic E-state index is -0.713. The molecule has 3 aromatic rings. The fraction of sp³-hybridized carbons (Fsp3) is 0.182. The van der Waals surface area contributed by atoms with Gasteiger partial charge in [0.25, 0.3) is 11.8 Å². The van der Waals surface area contributed by atoms with Crippen molar-refractivity contribution < 1.29 is 23.6 Å². The number of rotatable bonds is 3. The zero-order valence-electron chi connectivity index (χ0n) is 16.1. The van der Waals surface area contributed by atoms with Gasteiger partial charge in [0.05, 0.1) is 11.1 Å². The number of halogens is 1. The molecule has 1 saturated heterocycles. The third kappa shape index (κ3) is 3.27. The van der Waals surface area contributed by atoms with Crippen molar-refractivity contribution in [3.63, 3.8) is 0 Å². The quantitative estimate of drug-likeness (QED) is 0.616. The average Bonchev–Trinajstić information content (AvgIpc) is 3.30. The lowest BCUT2D eigenvalue weighted by atomic mass is 10.0. The van der Waals surface area contributed by atoms with Crippen LogP contribution in [0.5, 0.6) is 0 Å². The first-order chi connectivity index (χ1) is 14.9. The second-order valence-corrected chi connectivity index (χ2v) is 8.40. The molecule has 0 aliphatic carbocycles. The lowest BCUT2D eigenvalue weighted by molar-refractivity contribution is -0.136. The summed E-state index contributed by atoms with van der Waals surface area (Å²) in [4.78, 5) is 50.5. The summed E-state index contributed by atoms with van der Waals surface area (Å²) in [5.74, 6) is -1.96. The van der Waals surface area contributed by atoms with Crippen LogP contribution in [0.15, 0.2) is 41.8 Å². The average molecular weight is 437 g/mol. The molecule has 0 saturated carbocycles. The van der Waals surface area contributed by atoms with Crippen LogP contribution in [0.3, 0.4) is 0 Å². The molecule has 1 atom stereocenters. The topological polar surface area (TPSA) is 95.6 Å². The van der Waals surface area contributed by atoms with Gasteiger partial charge < -0.3 is 10.2 Å². The molecule has 0 radical (unpaired) electrons. The number of carbonyl (C=O) groups is 4. The summed E-state index contributed by atoms with van der Waals surface area (Å²) in [5, 5.41) is 7.05. The van der Waals surface area contributed by atoms with Gasteiger partial charge in [0.2, 0.25) is 11.8 Å². The number of nitrogens with one attached hydrogen (secondary N) is 2. The number of imide groups is 1. The van der Waals surface area contributed by atoms with Crippen LogP contribution in [-0.2, 0) is 16.1 Å². The second kappa shape index (κ2) is 7.28. The molecule has 156 valence electrons. The van der Waals surface area contributed by atoms with Crippen LogP contribution in [-0.4, -0.2) is 34.6 Å². The molecule has 0 bridgehead atoms. The van der Waals surface area contributed by atoms with E-state index in [1.165, 1.54) is 28.4 Å². The third-order valence-electron chi connectivity index (χ3n) is 5.58. The first kappa shape index (κ1) is 19.4. The summed E-state index contributed by atoms with van der Waals surface area (Å²) < 4.78 is 14.9. The first-order valence-electron chi connectivity index (χ1n) is 9.67. The van der Waals surface area contributed by atoms with Crippen molar-refractivity contribution in [2.45, 2.75) is 25.4 Å². The van der Waals surface area contributed by atoms with Gasteiger partial charge in [-0.05, 0) is 42.3 Å². The number of benzene rings is 2. The Kier molecular flexibility index (Phi) is 4.55. The summed E-state index contributed by atoms with van der Waals surface area (Å²) in [6.07, 6.45) is 0.448. The van der Waals surface area contributed by atoms with Crippen LogP contribution < -0.4 is 10.6 Å². The zero-order valence-corrected chi connectivity index (χ0v) is 16.9. The zero-order chi connectivity index (χ0) is 21.7. The van der Waals surface area contributed by atoms with E-state index in [1.807, 2.05) is 0 Å². The first-order valence-corrected chi connectivity index (χ1v) is 10.5. The van der Waals surface area contributed by atoms with E-state index in [-0.39, 0.29) is 31.2 Å². The maximum Gasteiger partial charge on any atom is 0.255 e. The van der Waals surface area contributed by atoms with Crippen molar-refractivity contribution in [1.29, 1.82) is 0 Å². The van der Waals surface area contributed by atoms with E-state index in [9.17, 15) is 23.6 Å². The van der Waals surface area contributed by atoms with Crippen molar-refractivity contribution in [2.75, 3.05) is 5.32 Å². The Balaban J connectivity index is 1.38. The Morgan fingerprint density at radius 1 is 1.19 bits per heavy atom. The fourth-order valence-electron chi connectivity index (χ4n) is 4.05. The molecule has 1 aromatic heterocycles. The van der Waals surface area contributed by atoms with Crippen LogP contribution in [0.4, 0.5) is 10.1 Å². The highest BCUT2D eigenvalue weighted by Crippen LogP contribution is 2.33. The highest BCUT2D eigenvalue weighted by molar-refractivity contribution is 7.17. The van der Waals surface area contributed by atoms with Crippen molar-refractivity contribution in [2.24, 2.45) is 0 Å². The summed E-state index contributed by atoms with van der Waals surface area (Å²) >= 11 is 1.33. The van der Waals surface area contributed by atoms with Gasteiger partial charge in [-0.15, -0.1) is 11.3 Å². The Morgan fingerprint density at radius 2 is 2.03 bits per heavy atom. The Hall–Kier alpha value is -3.59. The number of amides is 4. The summed E-state index contributed by atoms with van der Waals surface area (Å²) in [7, 11) is 0. The molecule has 5 rings (SSSR count). The molecule has 2 aliphatic rings. The summed E-state index contributed by atoms with van der Waals surface area (Å²) in [5.41, 5.74) is 1.77. The number of thiophene rings is 1. The number of piperidine rings is 1. The maximum atomic E-state index is 14.2. The van der Waals surface area contributed by atoms with E-state index in [0.29, 0.717) is 27.8 Å². The van der Waals surface area contributed by atoms with Gasteiger partial charge in [-0.2, -0.15) is 0 Å². The van der Waals surface area contributed by atoms with E-state index < -0.39 is 23.7 Å². The van der Waals surface area contributed by atoms with E-state index in [0.717, 1.165) is 4.70 Å². The van der Waals surface area contributed by atoms with Gasteiger partial charge in [0.15, 0.2) is 0 Å². The maximum absolute atomic E-state index is 14.2. The Labute approximate surface area is 179 Å². The molecule has 0 spiro atoms. The van der Waals surface area contributed by atoms with Gasteiger partial charge in [-0.1, -0.05) is 6.07 Å². The smallest absolute Gasteiger partial charge is 0.255 e. The fourth-order valence-corrected chi connectivity index (χ4v) is 4.95. The highest BCUT2D eigenvalue weighted by atomic mass is 32.1. The minimum absolute atomic E-state index is 0.176. The van der Waals surface area contributed by atoms with Crippen LogP contribution in [0.25, 0.3) is 10.1 Å². The largest absolute Gasteiger partial charge is 0.322 e. The van der Waals surface area contributed by atoms with E-state index in [4.69, 9.17) is 0 Å². The van der Waals surface area contributed by atoms with E-state index in [1.54, 1.807) is 29.6 Å². The lowest BCUT2D eigenvalue weighted by Crippen LogP contribution is -2.52. The number of carbonyl (C=O) groups excluding carboxylic acids is 4. The number of hydrogen-bond donors (Lipinski definition) is 2. The predicted molar refractivity (Wildman–Crippen MR) is 112 cm³/mol. The minimum Gasteiger partial charge on any atom is -0.322 e. The number of hydrogen-bond acceptors (Lipinski definition) is 5. The SMILES string of the molecule is O=C1CCC(N2Cc3cc(C(=O)Nc4csc5cccc(F)c45)ccc3C2=O)C(=O)N1. The van der Waals surface area contributed by atoms with Crippen LogP contribution in [0, 0.1) is 5.82 Å². The Bertz CT molecular complexity index is 1280. The summed E-state index contributed by atoms with van der Waals surface area (Å²) in [6.45, 7) is 0.178. The molecule has 2 N–H and O–H groups in total. The molecule has 1 unspecified atom stereocenters. The van der Waals surface area contributed by atoms with E-state index in [2.05, 4.69) is 10.6 Å². The molecule has 31 heavy (non-hydrogen) atoms. The predicted octanol–water partition coefficient (Wildman–Crippen LogP) is 3.05. The summed E-state index contributed by atoms with van der Waals surface area (Å²) in [6, 6.07) is 8.73. The monoisotopic (exact) mass is 437 g/mol. The molecule has 4 amide bonds. The molecule has 2 aliphatic heterocycles. The van der Waals surface area contributed by atoms with Crippen LogP contribution >= 0.6 is 11.3 Å². The lowest BCUT2D eigenvalue weighted by Gasteiger charge is -2.29. The number of anilines is 1. The van der Waals surface area contributed by atoms with Gasteiger partial charge in [0.1, 0.15) is 11.9 Å². The normalized spacial score (nSPS) is 18.3. The number of fused-ring (bicyclic) bond motifs is 2. The molecule has 1 fully saturated rings. The van der Waals surface area contributed by atoms with Crippen molar-refractivity contribution in [1.82, 2.24) is 10.2 Å². The van der Waals surface area contributed by atoms with Crippen molar-refractivity contribution in [3.05, 3.63) is 64.3 Å². The van der Waals surface area contributed by atoms with Crippen molar-refractivity contribution >= 4 is 50.7 Å². The molecular formula is C22H16FN3O4S. The number of nitrogens with zero attached hydrogens (tertiary/aromatic N) is 1. The molecular weight excluding hydrogens is 421 g/mol. The molecule has 7 nitrogen and oxygen atoms in total. The van der Waals surface area contributed by atoms with Crippen LogP contribution in [0.1, 0.15) is 39.1 Å². The second-order valence-electron chi connectivity index (χ2n) is 7.49. The standard InChI is InChI=1S/C22H16FN3O4S/c23-14-2-1-3-17-19(14)15(10-31-17)24-20(28)11-4-5-13-12(8-11)9-26(22(13)30)16-6-7-18(27)25-21(16)29/h1-5,8,10,16H,6-7,9H2,(H,24,28)(H,25,27,29). The van der Waals surface area contributed by atoms with Crippen molar-refractivity contribution in [3.8, 4) is 0 Å². The van der Waals surface area contributed by atoms with Gasteiger partial charge in [-0.3, -0.25) is 24.5 Å². The van der Waals surface area contributed by atoms with Gasteiger partial charge in [-0.25, -0.2) is 4.39 Å². The van der Waals surface area contributed by atoms with E-state index >= 15 is 0 Å². The molecule has 2 aromatic carbocycles.